The average Bonchev–Trinajstić information content (AvgIpc) is 1.72. The highest BCUT2D eigenvalue weighted by Crippen LogP contribution is 2.32. The molecule has 10 amide bonds. The predicted molar refractivity (Wildman–Crippen MR) is 423 cm³/mol. The second-order valence-corrected chi connectivity index (χ2v) is 29.1. The number of phenols is 1. The Hall–Kier alpha value is -8.21. The number of nitrogens with zero attached hydrogens (tertiary/aromatic N) is 4. The maximum Gasteiger partial charge on any atom is 0.303 e. The number of carboxylic acid groups (broad SMARTS) is 1. The molecule has 1 aliphatic rings. The number of hydrogen-bond donors (Lipinski definition) is 9. The highest BCUT2D eigenvalue weighted by atomic mass is 32.1. The number of benzene rings is 1. The summed E-state index contributed by atoms with van der Waals surface area (Å²) in [6.45, 7) is 19.8. The van der Waals surface area contributed by atoms with Gasteiger partial charge in [-0.15, -0.1) is 11.3 Å². The van der Waals surface area contributed by atoms with Crippen LogP contribution in [0.5, 0.6) is 5.75 Å². The van der Waals surface area contributed by atoms with E-state index in [-0.39, 0.29) is 155 Å². The lowest BCUT2D eigenvalue weighted by molar-refractivity contribution is -0.149. The van der Waals surface area contributed by atoms with Crippen molar-refractivity contribution in [1.29, 1.82) is 0 Å². The van der Waals surface area contributed by atoms with Crippen molar-refractivity contribution in [3.8, 4) is 5.75 Å². The van der Waals surface area contributed by atoms with Crippen LogP contribution in [0.2, 0.25) is 0 Å². The smallest absolute Gasteiger partial charge is 0.303 e. The molecule has 0 bridgehead atoms. The minimum absolute atomic E-state index is 0.000356. The Labute approximate surface area is 679 Å². The number of nitrogens with one attached hydrogen (secondary N) is 7. The van der Waals surface area contributed by atoms with Crippen LogP contribution in [0.3, 0.4) is 0 Å². The van der Waals surface area contributed by atoms with Gasteiger partial charge in [-0.3, -0.25) is 67.3 Å². The molecule has 2 aromatic rings. The first-order chi connectivity index (χ1) is 55.1. The second kappa shape index (κ2) is 59.4. The lowest BCUT2D eigenvalue weighted by atomic mass is 9.92. The summed E-state index contributed by atoms with van der Waals surface area (Å²) in [4.78, 5) is 165. The Kier molecular flexibility index (Phi) is 52.2. The molecule has 3 rings (SSSR count). The van der Waals surface area contributed by atoms with E-state index in [9.17, 15) is 67.7 Å². The lowest BCUT2D eigenvalue weighted by Gasteiger charge is -2.37. The number of ether oxygens (including phenoxy) is 11. The van der Waals surface area contributed by atoms with Crippen molar-refractivity contribution in [3.05, 3.63) is 52.0 Å². The number of imide groups is 1. The molecule has 115 heavy (non-hydrogen) atoms. The molecule has 0 saturated carbocycles. The Balaban J connectivity index is 1.43. The highest BCUT2D eigenvalue weighted by molar-refractivity contribution is 7.09. The van der Waals surface area contributed by atoms with E-state index in [0.29, 0.717) is 131 Å². The lowest BCUT2D eigenvalue weighted by Crippen LogP contribution is -2.58. The Morgan fingerprint density at radius 3 is 1.67 bits per heavy atom. The third kappa shape index (κ3) is 43.5. The fraction of sp³-hybridized carbons (Fsp3) is 0.705. The number of thiazole rings is 1. The van der Waals surface area contributed by atoms with E-state index in [1.807, 2.05) is 60.5 Å². The molecule has 1 aromatic carbocycles. The van der Waals surface area contributed by atoms with Gasteiger partial charge in [0.15, 0.2) is 6.10 Å². The van der Waals surface area contributed by atoms with Crippen LogP contribution in [0.25, 0.3) is 0 Å². The molecule has 9 N–H and O–H groups in total. The number of hydrogen-bond acceptors (Lipinski definition) is 27. The normalized spacial score (nSPS) is 13.9. The number of carbonyl (C=O) groups excluding carboxylic acids is 11. The molecule has 0 spiro atoms. The number of methoxy groups -OCH3 is 1. The molecule has 0 fully saturated rings. The summed E-state index contributed by atoms with van der Waals surface area (Å²) in [5, 5.41) is 41.3. The topological polar surface area (TPSA) is 454 Å². The Morgan fingerprint density at radius 1 is 0.600 bits per heavy atom. The van der Waals surface area contributed by atoms with E-state index in [4.69, 9.17) is 52.1 Å². The van der Waals surface area contributed by atoms with Crippen molar-refractivity contribution < 1.29 is 120 Å². The molecule has 650 valence electrons. The summed E-state index contributed by atoms with van der Waals surface area (Å²) in [5.74, 6) is -7.48. The number of unbranched alkanes of at least 4 members (excludes halogenated alkanes) is 1. The summed E-state index contributed by atoms with van der Waals surface area (Å²) in [6, 6.07) is 0.541. The molecule has 1 aromatic heterocycles. The van der Waals surface area contributed by atoms with Crippen molar-refractivity contribution in [3.63, 3.8) is 0 Å². The quantitative estimate of drug-likeness (QED) is 0.0199. The summed E-state index contributed by atoms with van der Waals surface area (Å²) in [5.41, 5.74) is 0.367. The third-order valence-electron chi connectivity index (χ3n) is 18.0. The number of rotatable bonds is 67. The van der Waals surface area contributed by atoms with Crippen LogP contribution in [-0.2, 0) is 111 Å². The van der Waals surface area contributed by atoms with E-state index in [1.165, 1.54) is 30.5 Å². The van der Waals surface area contributed by atoms with Gasteiger partial charge in [0.25, 0.3) is 17.7 Å². The molecule has 0 aliphatic carbocycles. The summed E-state index contributed by atoms with van der Waals surface area (Å²) in [6.07, 6.45) is 2.62. The Bertz CT molecular complexity index is 3260. The van der Waals surface area contributed by atoms with Gasteiger partial charge in [0, 0.05) is 96.0 Å². The number of aliphatic carboxylic acids is 1. The van der Waals surface area contributed by atoms with Crippen molar-refractivity contribution in [2.24, 2.45) is 17.8 Å². The van der Waals surface area contributed by atoms with E-state index in [0.717, 1.165) is 28.4 Å². The first-order valence-electron chi connectivity index (χ1n) is 39.4. The summed E-state index contributed by atoms with van der Waals surface area (Å²) >= 11 is 1.06. The van der Waals surface area contributed by atoms with Gasteiger partial charge in [-0.1, -0.05) is 54.0 Å². The van der Waals surface area contributed by atoms with Crippen LogP contribution >= 0.6 is 11.3 Å². The first-order valence-corrected chi connectivity index (χ1v) is 40.3. The molecule has 0 unspecified atom stereocenters. The molecule has 7 atom stereocenters. The molecule has 36 nitrogen and oxygen atoms in total. The number of anilines is 1. The van der Waals surface area contributed by atoms with E-state index in [1.54, 1.807) is 19.1 Å². The second-order valence-electron chi connectivity index (χ2n) is 28.2. The van der Waals surface area contributed by atoms with Crippen molar-refractivity contribution in [2.45, 2.75) is 162 Å². The number of esters is 1. The number of amides is 10. The number of phenolic OH excluding ortho intramolecular Hbond substituents is 1. The van der Waals surface area contributed by atoms with Crippen LogP contribution in [0, 0.1) is 17.8 Å². The molecule has 2 heterocycles. The number of aromatic hydroxyl groups is 1. The number of carbonyl (C=O) groups is 12. The van der Waals surface area contributed by atoms with Gasteiger partial charge in [0.05, 0.1) is 137 Å². The average molecular weight is 1650 g/mol. The summed E-state index contributed by atoms with van der Waals surface area (Å²) < 4.78 is 59.8. The zero-order valence-corrected chi connectivity index (χ0v) is 69.7. The molecule has 0 radical (unpaired) electrons. The minimum atomic E-state index is -1.13. The van der Waals surface area contributed by atoms with E-state index < -0.39 is 96.1 Å². The fourth-order valence-corrected chi connectivity index (χ4v) is 12.6. The molecule has 37 heteroatoms. The van der Waals surface area contributed by atoms with Crippen LogP contribution < -0.4 is 37.2 Å². The zero-order chi connectivity index (χ0) is 84.9. The van der Waals surface area contributed by atoms with Crippen LogP contribution in [0.4, 0.5) is 5.69 Å². The van der Waals surface area contributed by atoms with Gasteiger partial charge in [-0.25, -0.2) is 4.98 Å². The predicted octanol–water partition coefficient (Wildman–Crippen LogP) is 2.87. The zero-order valence-electron chi connectivity index (χ0n) is 68.9. The molecule has 1 aliphatic heterocycles. The van der Waals surface area contributed by atoms with Crippen LogP contribution in [0.1, 0.15) is 146 Å². The van der Waals surface area contributed by atoms with Crippen molar-refractivity contribution in [1.82, 2.24) is 51.6 Å². The maximum atomic E-state index is 14.4. The summed E-state index contributed by atoms with van der Waals surface area (Å²) in [7, 11) is 6.88. The number of likely N-dealkylation sites (N-methyl/N-ethyl adjacent to an activating group) is 2. The van der Waals surface area contributed by atoms with Gasteiger partial charge in [0.2, 0.25) is 41.4 Å². The maximum absolute atomic E-state index is 14.4. The van der Waals surface area contributed by atoms with Gasteiger partial charge in [-0.2, -0.15) is 0 Å². The first kappa shape index (κ1) is 101. The number of carboxylic acids is 1. The largest absolute Gasteiger partial charge is 0.506 e. The van der Waals surface area contributed by atoms with E-state index in [2.05, 4.69) is 42.2 Å². The molecular weight excluding hydrogens is 1520 g/mol. The van der Waals surface area contributed by atoms with Gasteiger partial charge in [-0.05, 0) is 94.5 Å². The molecular formula is C78H127N11O25S. The van der Waals surface area contributed by atoms with Crippen LogP contribution in [-0.4, -0.2) is 311 Å². The molecule has 0 saturated heterocycles. The monoisotopic (exact) mass is 1650 g/mol. The van der Waals surface area contributed by atoms with E-state index >= 15 is 0 Å². The SMILES string of the molecule is CC[C@H](C)[C@H](NC(=O)[C@H](C(C)C)N(C)C)C(=O)N(C)[C@H](C[C@@H](OC(C)=O)c1nc(C(=O)N[C@H](CCC(=O)O)Cc2ccc(O)c(NC(=O)CNC(=O)CCCNC(=O)[C@H](CCCCNC(=O)COCCOCCOCCOCCOCCOCCOCCOCCOCCOC)NC(=O)CCCN3C(=O)C=CC3=O)c2)cs1)C(C)C. The number of aromatic nitrogens is 1. The van der Waals surface area contributed by atoms with Crippen molar-refractivity contribution in [2.75, 3.05) is 185 Å². The van der Waals surface area contributed by atoms with Gasteiger partial charge in [0.1, 0.15) is 35.1 Å². The Morgan fingerprint density at radius 2 is 1.15 bits per heavy atom. The van der Waals surface area contributed by atoms with Gasteiger partial charge < -0.3 is 104 Å². The minimum Gasteiger partial charge on any atom is -0.506 e. The van der Waals surface area contributed by atoms with Crippen LogP contribution in [0.15, 0.2) is 35.7 Å². The van der Waals surface area contributed by atoms with Gasteiger partial charge >= 0.3 is 11.9 Å². The highest BCUT2D eigenvalue weighted by Gasteiger charge is 2.38. The van der Waals surface area contributed by atoms with Crippen molar-refractivity contribution >= 4 is 88.0 Å². The standard InChI is InChI=1S/C78H127N11O25S/c1-12-55(6)72(86-76(102)73(54(4)5)87(8)9)78(103)88(10)62(53(2)3)49-64(114-56(7)90)77-85-61(52-115-77)75(101)82-58(21-25-71(98)99)47-57-20-22-63(91)60(48-57)84-67(94)50-81-65(92)18-15-27-80-74(100)59(83-66(93)19-16-28-89-69(96)23-24-70(89)97)17-13-14-26-79-68(95)51-113-46-45-112-44-43-111-42-41-110-40-39-109-38-37-108-36-35-107-34-33-106-32-31-105-30-29-104-11/h20,22-24,48,52-55,58-59,62,64,72-73,91H,12-19,21,25-47,49-51H2,1-11H3,(H,79,95)(H,80,100)(H,81,92)(H,82,101)(H,83,93)(H,84,94)(H,86,102)(H,98,99)/t55-,58+,59-,62+,64+,72-,73-/m0/s1. The fourth-order valence-electron chi connectivity index (χ4n) is 11.8. The third-order valence-corrected chi connectivity index (χ3v) is 19.0.